The molecule has 2 heterocycles. The molecule has 0 radical (unpaired) electrons. The van der Waals surface area contributed by atoms with Crippen molar-refractivity contribution in [3.05, 3.63) is 29.8 Å². The summed E-state index contributed by atoms with van der Waals surface area (Å²) in [5, 5.41) is 0. The van der Waals surface area contributed by atoms with Crippen molar-refractivity contribution in [3.63, 3.8) is 0 Å². The Bertz CT molecular complexity index is 442. The number of carbonyl (C=O) groups excluding carboxylic acids is 1. The summed E-state index contributed by atoms with van der Waals surface area (Å²) in [6.45, 7) is 2.45. The van der Waals surface area contributed by atoms with Crippen LogP contribution in [0.1, 0.15) is 18.3 Å². The van der Waals surface area contributed by atoms with Crippen molar-refractivity contribution < 1.29 is 19.0 Å². The van der Waals surface area contributed by atoms with Crippen molar-refractivity contribution in [2.24, 2.45) is 0 Å². The lowest BCUT2D eigenvalue weighted by Crippen LogP contribution is -2.24. The molecular weight excluding hydrogens is 234 g/mol. The summed E-state index contributed by atoms with van der Waals surface area (Å²) < 4.78 is 16.0. The molecule has 0 aromatic heterocycles. The summed E-state index contributed by atoms with van der Waals surface area (Å²) in [5.74, 6) is 0. The average molecular weight is 249 g/mol. The molecule has 5 heteroatoms. The summed E-state index contributed by atoms with van der Waals surface area (Å²) >= 11 is 0. The van der Waals surface area contributed by atoms with Gasteiger partial charge in [-0.15, -0.1) is 0 Å². The first-order valence-electron chi connectivity index (χ1n) is 6.12. The van der Waals surface area contributed by atoms with Crippen LogP contribution in [-0.2, 0) is 14.2 Å². The molecule has 1 aromatic carbocycles. The molecule has 0 aliphatic carbocycles. The van der Waals surface area contributed by atoms with E-state index in [2.05, 4.69) is 0 Å². The predicted molar refractivity (Wildman–Crippen MR) is 64.4 cm³/mol. The van der Waals surface area contributed by atoms with Crippen LogP contribution < -0.4 is 4.90 Å². The highest BCUT2D eigenvalue weighted by molar-refractivity contribution is 5.89. The van der Waals surface area contributed by atoms with Crippen LogP contribution in [0.5, 0.6) is 0 Å². The molecule has 1 aromatic rings. The maximum Gasteiger partial charge on any atom is 0.414 e. The fourth-order valence-electron chi connectivity index (χ4n) is 2.15. The van der Waals surface area contributed by atoms with Gasteiger partial charge in [-0.2, -0.15) is 0 Å². The molecule has 0 atom stereocenters. The number of nitrogens with zero attached hydrogens (tertiary/aromatic N) is 1. The Hall–Kier alpha value is -1.59. The highest BCUT2D eigenvalue weighted by atomic mass is 16.7. The number of cyclic esters (lactones) is 1. The van der Waals surface area contributed by atoms with Crippen LogP contribution in [0.25, 0.3) is 0 Å². The minimum Gasteiger partial charge on any atom is -0.447 e. The number of hydrogen-bond acceptors (Lipinski definition) is 4. The molecule has 1 amide bonds. The van der Waals surface area contributed by atoms with Crippen LogP contribution in [0.15, 0.2) is 24.3 Å². The number of hydrogen-bond donors (Lipinski definition) is 0. The topological polar surface area (TPSA) is 48.0 Å². The Labute approximate surface area is 105 Å². The standard InChI is InChI=1S/C13H15NO4/c15-13-14(5-8-18-13)11-4-1-3-10(9-11)12-16-6-2-7-17-12/h1,3-4,9,12H,2,5-8H2. The van der Waals surface area contributed by atoms with E-state index >= 15 is 0 Å². The van der Waals surface area contributed by atoms with Crippen molar-refractivity contribution in [1.82, 2.24) is 0 Å². The third kappa shape index (κ3) is 2.19. The average Bonchev–Trinajstić information content (AvgIpc) is 2.86. The van der Waals surface area contributed by atoms with Crippen molar-refractivity contribution in [2.75, 3.05) is 31.3 Å². The Kier molecular flexibility index (Phi) is 3.17. The number of carbonyl (C=O) groups is 1. The molecule has 3 rings (SSSR count). The van der Waals surface area contributed by atoms with E-state index in [1.165, 1.54) is 0 Å². The number of benzene rings is 1. The first-order chi connectivity index (χ1) is 8.84. The van der Waals surface area contributed by atoms with Crippen LogP contribution >= 0.6 is 0 Å². The van der Waals surface area contributed by atoms with E-state index in [0.717, 1.165) is 17.7 Å². The maximum absolute atomic E-state index is 11.5. The number of ether oxygens (including phenoxy) is 3. The highest BCUT2D eigenvalue weighted by Gasteiger charge is 2.25. The van der Waals surface area contributed by atoms with Gasteiger partial charge >= 0.3 is 6.09 Å². The van der Waals surface area contributed by atoms with Crippen LogP contribution in [0.3, 0.4) is 0 Å². The highest BCUT2D eigenvalue weighted by Crippen LogP contribution is 2.27. The summed E-state index contributed by atoms with van der Waals surface area (Å²) in [6, 6.07) is 7.65. The first kappa shape index (κ1) is 11.5. The van der Waals surface area contributed by atoms with E-state index in [9.17, 15) is 4.79 Å². The van der Waals surface area contributed by atoms with E-state index in [1.54, 1.807) is 4.90 Å². The zero-order valence-corrected chi connectivity index (χ0v) is 10.0. The molecule has 0 unspecified atom stereocenters. The predicted octanol–water partition coefficient (Wildman–Crippen LogP) is 2.08. The van der Waals surface area contributed by atoms with Gasteiger partial charge in [0.1, 0.15) is 6.61 Å². The summed E-state index contributed by atoms with van der Waals surface area (Å²) in [6.07, 6.45) is 0.309. The number of amides is 1. The summed E-state index contributed by atoms with van der Waals surface area (Å²) in [5.41, 5.74) is 1.76. The zero-order valence-electron chi connectivity index (χ0n) is 10.0. The second-order valence-corrected chi connectivity index (χ2v) is 4.29. The SMILES string of the molecule is O=C1OCCN1c1cccc(C2OCCCO2)c1. The molecule has 2 fully saturated rings. The first-order valence-corrected chi connectivity index (χ1v) is 6.12. The maximum atomic E-state index is 11.5. The molecule has 0 spiro atoms. The molecule has 0 saturated carbocycles. The van der Waals surface area contributed by atoms with Gasteiger partial charge in [0, 0.05) is 11.3 Å². The Morgan fingerprint density at radius 2 is 2.00 bits per heavy atom. The summed E-state index contributed by atoms with van der Waals surface area (Å²) in [4.78, 5) is 13.1. The van der Waals surface area contributed by atoms with E-state index in [-0.39, 0.29) is 12.4 Å². The molecule has 2 aliphatic heterocycles. The van der Waals surface area contributed by atoms with Crippen LogP contribution in [-0.4, -0.2) is 32.5 Å². The minimum absolute atomic E-state index is 0.294. The van der Waals surface area contributed by atoms with Gasteiger partial charge in [-0.05, 0) is 18.6 Å². The van der Waals surface area contributed by atoms with Gasteiger partial charge < -0.3 is 14.2 Å². The molecule has 5 nitrogen and oxygen atoms in total. The van der Waals surface area contributed by atoms with E-state index < -0.39 is 0 Å². The third-order valence-electron chi connectivity index (χ3n) is 3.04. The molecular formula is C13H15NO4. The lowest BCUT2D eigenvalue weighted by molar-refractivity contribution is -0.183. The largest absolute Gasteiger partial charge is 0.447 e. The van der Waals surface area contributed by atoms with Crippen LogP contribution in [0.2, 0.25) is 0 Å². The monoisotopic (exact) mass is 249 g/mol. The molecule has 0 N–H and O–H groups in total. The van der Waals surface area contributed by atoms with Crippen molar-refractivity contribution in [1.29, 1.82) is 0 Å². The molecule has 96 valence electrons. The lowest BCUT2D eigenvalue weighted by atomic mass is 10.1. The second kappa shape index (κ2) is 4.96. The van der Waals surface area contributed by atoms with Crippen molar-refractivity contribution >= 4 is 11.8 Å². The van der Waals surface area contributed by atoms with Crippen LogP contribution in [0.4, 0.5) is 10.5 Å². The van der Waals surface area contributed by atoms with Gasteiger partial charge in [0.15, 0.2) is 6.29 Å². The number of rotatable bonds is 2. The molecule has 2 saturated heterocycles. The van der Waals surface area contributed by atoms with Crippen LogP contribution in [0, 0.1) is 0 Å². The van der Waals surface area contributed by atoms with Crippen molar-refractivity contribution in [2.45, 2.75) is 12.7 Å². The lowest BCUT2D eigenvalue weighted by Gasteiger charge is -2.24. The van der Waals surface area contributed by atoms with E-state index in [0.29, 0.717) is 26.4 Å². The Morgan fingerprint density at radius 1 is 1.17 bits per heavy atom. The zero-order chi connectivity index (χ0) is 12.4. The summed E-state index contributed by atoms with van der Waals surface area (Å²) in [7, 11) is 0. The quantitative estimate of drug-likeness (QED) is 0.805. The Morgan fingerprint density at radius 3 is 2.72 bits per heavy atom. The van der Waals surface area contributed by atoms with E-state index in [4.69, 9.17) is 14.2 Å². The van der Waals surface area contributed by atoms with Crippen molar-refractivity contribution in [3.8, 4) is 0 Å². The Balaban J connectivity index is 1.82. The van der Waals surface area contributed by atoms with Gasteiger partial charge in [0.05, 0.1) is 19.8 Å². The third-order valence-corrected chi connectivity index (χ3v) is 3.04. The normalized spacial score (nSPS) is 21.1. The van der Waals surface area contributed by atoms with E-state index in [1.807, 2.05) is 24.3 Å². The smallest absolute Gasteiger partial charge is 0.414 e. The fourth-order valence-corrected chi connectivity index (χ4v) is 2.15. The minimum atomic E-state index is -0.322. The van der Waals surface area contributed by atoms with Gasteiger partial charge in [0.25, 0.3) is 0 Å². The second-order valence-electron chi connectivity index (χ2n) is 4.29. The van der Waals surface area contributed by atoms with Gasteiger partial charge in [-0.3, -0.25) is 4.90 Å². The molecule has 18 heavy (non-hydrogen) atoms. The number of anilines is 1. The fraction of sp³-hybridized carbons (Fsp3) is 0.462. The van der Waals surface area contributed by atoms with Gasteiger partial charge in [-0.1, -0.05) is 12.1 Å². The van der Waals surface area contributed by atoms with Gasteiger partial charge in [-0.25, -0.2) is 4.79 Å². The molecule has 0 bridgehead atoms. The molecule has 2 aliphatic rings. The van der Waals surface area contributed by atoms with Gasteiger partial charge in [0.2, 0.25) is 0 Å².